The SMILES string of the molecule is N#CCc1c(O)ccc2c1CCCC2. The fraction of sp³-hybridized carbons (Fsp3) is 0.417. The van der Waals surface area contributed by atoms with Crippen LogP contribution in [0.3, 0.4) is 0 Å². The van der Waals surface area contributed by atoms with Crippen LogP contribution in [0.5, 0.6) is 5.75 Å². The predicted octanol–water partition coefficient (Wildman–Crippen LogP) is 2.34. The van der Waals surface area contributed by atoms with Crippen LogP contribution in [0.25, 0.3) is 0 Å². The van der Waals surface area contributed by atoms with Crippen LogP contribution in [0, 0.1) is 11.3 Å². The summed E-state index contributed by atoms with van der Waals surface area (Å²) in [5, 5.41) is 18.3. The summed E-state index contributed by atoms with van der Waals surface area (Å²) in [5.74, 6) is 0.284. The molecule has 0 heterocycles. The predicted molar refractivity (Wildman–Crippen MR) is 54.1 cm³/mol. The highest BCUT2D eigenvalue weighted by Gasteiger charge is 2.15. The monoisotopic (exact) mass is 187 g/mol. The molecule has 2 rings (SSSR count). The lowest BCUT2D eigenvalue weighted by Gasteiger charge is -2.19. The zero-order chi connectivity index (χ0) is 9.97. The third-order valence-electron chi connectivity index (χ3n) is 2.88. The highest BCUT2D eigenvalue weighted by Crippen LogP contribution is 2.30. The smallest absolute Gasteiger partial charge is 0.120 e. The second kappa shape index (κ2) is 3.71. The van der Waals surface area contributed by atoms with Crippen LogP contribution < -0.4 is 0 Å². The number of hydrogen-bond acceptors (Lipinski definition) is 2. The Kier molecular flexibility index (Phi) is 2.41. The number of benzene rings is 1. The van der Waals surface area contributed by atoms with Crippen molar-refractivity contribution in [3.8, 4) is 11.8 Å². The van der Waals surface area contributed by atoms with Crippen molar-refractivity contribution in [1.29, 1.82) is 5.26 Å². The van der Waals surface area contributed by atoms with Crippen molar-refractivity contribution in [3.05, 3.63) is 28.8 Å². The number of nitriles is 1. The first kappa shape index (κ1) is 9.08. The van der Waals surface area contributed by atoms with Crippen LogP contribution in [0.1, 0.15) is 29.5 Å². The van der Waals surface area contributed by atoms with E-state index in [1.54, 1.807) is 6.07 Å². The molecule has 0 radical (unpaired) electrons. The molecule has 0 bridgehead atoms. The molecule has 1 aliphatic rings. The molecule has 14 heavy (non-hydrogen) atoms. The molecule has 0 spiro atoms. The number of aromatic hydroxyl groups is 1. The Morgan fingerprint density at radius 2 is 2.07 bits per heavy atom. The molecule has 2 heteroatoms. The molecule has 72 valence electrons. The topological polar surface area (TPSA) is 44.0 Å². The van der Waals surface area contributed by atoms with Gasteiger partial charge in [0.2, 0.25) is 0 Å². The number of nitrogens with zero attached hydrogens (tertiary/aromatic N) is 1. The van der Waals surface area contributed by atoms with Crippen LogP contribution >= 0.6 is 0 Å². The van der Waals surface area contributed by atoms with Gasteiger partial charge in [-0.1, -0.05) is 6.07 Å². The molecule has 0 fully saturated rings. The maximum absolute atomic E-state index is 9.65. The normalized spacial score (nSPS) is 14.5. The van der Waals surface area contributed by atoms with E-state index in [1.807, 2.05) is 6.07 Å². The number of rotatable bonds is 1. The summed E-state index contributed by atoms with van der Waals surface area (Å²) in [7, 11) is 0. The summed E-state index contributed by atoms with van der Waals surface area (Å²) in [5.41, 5.74) is 3.39. The molecule has 1 N–H and O–H groups in total. The van der Waals surface area contributed by atoms with Gasteiger partial charge in [0.15, 0.2) is 0 Å². The molecule has 0 saturated heterocycles. The summed E-state index contributed by atoms with van der Waals surface area (Å²) >= 11 is 0. The van der Waals surface area contributed by atoms with Gasteiger partial charge in [0.1, 0.15) is 5.75 Å². The second-order valence-corrected chi connectivity index (χ2v) is 3.74. The van der Waals surface area contributed by atoms with E-state index in [0.29, 0.717) is 6.42 Å². The minimum absolute atomic E-state index is 0.284. The van der Waals surface area contributed by atoms with Crippen molar-refractivity contribution in [3.63, 3.8) is 0 Å². The van der Waals surface area contributed by atoms with E-state index < -0.39 is 0 Å². The van der Waals surface area contributed by atoms with Gasteiger partial charge in [0.25, 0.3) is 0 Å². The van der Waals surface area contributed by atoms with E-state index in [9.17, 15) is 5.11 Å². The average Bonchev–Trinajstić information content (AvgIpc) is 2.23. The molecule has 0 aromatic heterocycles. The molecule has 0 aliphatic heterocycles. The second-order valence-electron chi connectivity index (χ2n) is 3.74. The van der Waals surface area contributed by atoms with Gasteiger partial charge in [-0.05, 0) is 42.9 Å². The fourth-order valence-corrected chi connectivity index (χ4v) is 2.17. The summed E-state index contributed by atoms with van der Waals surface area (Å²) < 4.78 is 0. The van der Waals surface area contributed by atoms with E-state index in [0.717, 1.165) is 18.4 Å². The fourth-order valence-electron chi connectivity index (χ4n) is 2.17. The molecule has 0 amide bonds. The number of fused-ring (bicyclic) bond motifs is 1. The van der Waals surface area contributed by atoms with Crippen LogP contribution in [0.4, 0.5) is 0 Å². The zero-order valence-electron chi connectivity index (χ0n) is 8.08. The summed E-state index contributed by atoms with van der Waals surface area (Å²) in [6.07, 6.45) is 4.84. The molecule has 1 aromatic rings. The third kappa shape index (κ3) is 1.46. The molecule has 2 nitrogen and oxygen atoms in total. The van der Waals surface area contributed by atoms with Gasteiger partial charge in [0, 0.05) is 5.56 Å². The lowest BCUT2D eigenvalue weighted by atomic mass is 9.87. The largest absolute Gasteiger partial charge is 0.508 e. The molecule has 0 atom stereocenters. The van der Waals surface area contributed by atoms with E-state index in [-0.39, 0.29) is 5.75 Å². The van der Waals surface area contributed by atoms with Gasteiger partial charge in [-0.25, -0.2) is 0 Å². The maximum atomic E-state index is 9.65. The molecular formula is C12H13NO. The molecular weight excluding hydrogens is 174 g/mol. The van der Waals surface area contributed by atoms with E-state index >= 15 is 0 Å². The van der Waals surface area contributed by atoms with Crippen LogP contribution in [-0.4, -0.2) is 5.11 Å². The van der Waals surface area contributed by atoms with Gasteiger partial charge in [0.05, 0.1) is 12.5 Å². The van der Waals surface area contributed by atoms with Gasteiger partial charge in [-0.2, -0.15) is 5.26 Å². The lowest BCUT2D eigenvalue weighted by molar-refractivity contribution is 0.467. The Bertz CT molecular complexity index is 390. The van der Waals surface area contributed by atoms with Crippen LogP contribution in [0.2, 0.25) is 0 Å². The van der Waals surface area contributed by atoms with Crippen molar-refractivity contribution < 1.29 is 5.11 Å². The first-order chi connectivity index (χ1) is 6.83. The van der Waals surface area contributed by atoms with Crippen molar-refractivity contribution in [2.45, 2.75) is 32.1 Å². The average molecular weight is 187 g/mol. The number of aryl methyl sites for hydroxylation is 1. The third-order valence-corrected chi connectivity index (χ3v) is 2.88. The van der Waals surface area contributed by atoms with Gasteiger partial charge < -0.3 is 5.11 Å². The number of phenols is 1. The lowest BCUT2D eigenvalue weighted by Crippen LogP contribution is -2.06. The first-order valence-corrected chi connectivity index (χ1v) is 5.02. The maximum Gasteiger partial charge on any atom is 0.120 e. The molecule has 1 aliphatic carbocycles. The molecule has 0 saturated carbocycles. The highest BCUT2D eigenvalue weighted by atomic mass is 16.3. The van der Waals surface area contributed by atoms with Crippen LogP contribution in [-0.2, 0) is 19.3 Å². The molecule has 1 aromatic carbocycles. The highest BCUT2D eigenvalue weighted by molar-refractivity contribution is 5.46. The number of hydrogen-bond donors (Lipinski definition) is 1. The Hall–Kier alpha value is -1.49. The van der Waals surface area contributed by atoms with Crippen LogP contribution in [0.15, 0.2) is 12.1 Å². The summed E-state index contributed by atoms with van der Waals surface area (Å²) in [6.45, 7) is 0. The van der Waals surface area contributed by atoms with Gasteiger partial charge in [-0.15, -0.1) is 0 Å². The van der Waals surface area contributed by atoms with Crippen molar-refractivity contribution >= 4 is 0 Å². The van der Waals surface area contributed by atoms with Crippen molar-refractivity contribution in [1.82, 2.24) is 0 Å². The summed E-state index contributed by atoms with van der Waals surface area (Å²) in [4.78, 5) is 0. The van der Waals surface area contributed by atoms with Crippen molar-refractivity contribution in [2.75, 3.05) is 0 Å². The molecule has 0 unspecified atom stereocenters. The minimum Gasteiger partial charge on any atom is -0.508 e. The Labute approximate surface area is 83.8 Å². The van der Waals surface area contributed by atoms with Gasteiger partial charge in [-0.3, -0.25) is 0 Å². The Morgan fingerprint density at radius 3 is 2.86 bits per heavy atom. The van der Waals surface area contributed by atoms with E-state index in [1.165, 1.54) is 24.0 Å². The standard InChI is InChI=1S/C12H13NO/c13-8-7-11-10-4-2-1-3-9(10)5-6-12(11)14/h5-6,14H,1-4,7H2. The number of phenolic OH excluding ortho intramolecular Hbond substituents is 1. The summed E-state index contributed by atoms with van der Waals surface area (Å²) in [6, 6.07) is 5.82. The minimum atomic E-state index is 0.284. The van der Waals surface area contributed by atoms with Gasteiger partial charge >= 0.3 is 0 Å². The quantitative estimate of drug-likeness (QED) is 0.733. The Balaban J connectivity index is 2.50. The van der Waals surface area contributed by atoms with E-state index in [2.05, 4.69) is 6.07 Å². The van der Waals surface area contributed by atoms with E-state index in [4.69, 9.17) is 5.26 Å². The Morgan fingerprint density at radius 1 is 1.29 bits per heavy atom. The first-order valence-electron chi connectivity index (χ1n) is 5.02. The van der Waals surface area contributed by atoms with Crippen molar-refractivity contribution in [2.24, 2.45) is 0 Å². The zero-order valence-corrected chi connectivity index (χ0v) is 8.08.